The van der Waals surface area contributed by atoms with Gasteiger partial charge in [0.1, 0.15) is 77.9 Å². The van der Waals surface area contributed by atoms with Crippen LogP contribution in [0.3, 0.4) is 0 Å². The third-order valence-corrected chi connectivity index (χ3v) is 8.56. The van der Waals surface area contributed by atoms with E-state index in [0.717, 1.165) is 0 Å². The summed E-state index contributed by atoms with van der Waals surface area (Å²) < 4.78 is 34.6. The molecule has 256 valence electrons. The lowest BCUT2D eigenvalue weighted by Crippen LogP contribution is -2.60. The quantitative estimate of drug-likeness (QED) is 0.133. The number of benzene rings is 2. The SMILES string of the molecule is COc1ccc([C@@H]2C[C@@H](O)c3c(c(C)c(O[C@@H]4O[C@H](CO)[C@@H](O)[C@H](O)[C@H]4O)c(CO)c3O[C@@H]3O[C@@H](CO)[C@@H](O)[C@H](O)[C@H]3O)O2)cc1. The molecule has 2 fully saturated rings. The average Bonchev–Trinajstić information content (AvgIpc) is 3.06. The van der Waals surface area contributed by atoms with E-state index < -0.39 is 93.4 Å². The number of fused-ring (bicyclic) bond motifs is 1. The fourth-order valence-electron chi connectivity index (χ4n) is 5.89. The predicted octanol–water partition coefficient (Wildman–Crippen LogP) is -2.59. The number of aliphatic hydroxyl groups excluding tert-OH is 10. The maximum atomic E-state index is 11.5. The molecule has 16 heteroatoms. The van der Waals surface area contributed by atoms with E-state index in [2.05, 4.69) is 0 Å². The first-order valence-corrected chi connectivity index (χ1v) is 14.7. The molecule has 0 spiro atoms. The monoisotopic (exact) mass is 656 g/mol. The van der Waals surface area contributed by atoms with Crippen LogP contribution in [0.5, 0.6) is 23.0 Å². The van der Waals surface area contributed by atoms with Gasteiger partial charge in [-0.05, 0) is 24.6 Å². The Balaban J connectivity index is 1.61. The lowest BCUT2D eigenvalue weighted by molar-refractivity contribution is -0.279. The van der Waals surface area contributed by atoms with E-state index >= 15 is 0 Å². The minimum absolute atomic E-state index is 0.00158. The van der Waals surface area contributed by atoms with Gasteiger partial charge in [-0.15, -0.1) is 0 Å². The molecule has 2 aromatic rings. The number of rotatable bonds is 9. The Kier molecular flexibility index (Phi) is 10.6. The third-order valence-electron chi connectivity index (χ3n) is 8.56. The molecule has 46 heavy (non-hydrogen) atoms. The summed E-state index contributed by atoms with van der Waals surface area (Å²) in [5, 5.41) is 104. The van der Waals surface area contributed by atoms with E-state index in [0.29, 0.717) is 11.3 Å². The fraction of sp³-hybridized carbons (Fsp3) is 0.600. The zero-order valence-electron chi connectivity index (χ0n) is 25.0. The first kappa shape index (κ1) is 34.5. The molecule has 2 saturated heterocycles. The van der Waals surface area contributed by atoms with Crippen LogP contribution >= 0.6 is 0 Å². The molecule has 0 aliphatic carbocycles. The fourth-order valence-corrected chi connectivity index (χ4v) is 5.89. The summed E-state index contributed by atoms with van der Waals surface area (Å²) in [7, 11) is 1.52. The minimum atomic E-state index is -1.86. The summed E-state index contributed by atoms with van der Waals surface area (Å²) in [6.45, 7) is -0.782. The molecule has 16 nitrogen and oxygen atoms in total. The van der Waals surface area contributed by atoms with E-state index in [1.54, 1.807) is 24.3 Å². The van der Waals surface area contributed by atoms with Crippen LogP contribution in [0.2, 0.25) is 0 Å². The van der Waals surface area contributed by atoms with Crippen LogP contribution in [0.25, 0.3) is 0 Å². The maximum absolute atomic E-state index is 11.5. The largest absolute Gasteiger partial charge is 0.497 e. The van der Waals surface area contributed by atoms with Crippen molar-refractivity contribution in [3.63, 3.8) is 0 Å². The molecule has 12 atom stereocenters. The van der Waals surface area contributed by atoms with E-state index in [9.17, 15) is 51.1 Å². The van der Waals surface area contributed by atoms with Gasteiger partial charge in [-0.1, -0.05) is 12.1 Å². The van der Waals surface area contributed by atoms with Crippen molar-refractivity contribution in [3.8, 4) is 23.0 Å². The van der Waals surface area contributed by atoms with Crippen LogP contribution in [-0.4, -0.2) is 133 Å². The average molecular weight is 657 g/mol. The Morgan fingerprint density at radius 3 is 1.72 bits per heavy atom. The van der Waals surface area contributed by atoms with Crippen molar-refractivity contribution in [3.05, 3.63) is 46.5 Å². The normalized spacial score (nSPS) is 36.0. The highest BCUT2D eigenvalue weighted by Crippen LogP contribution is 2.53. The molecule has 10 N–H and O–H groups in total. The summed E-state index contributed by atoms with van der Waals surface area (Å²) in [6.07, 6.45) is -18.7. The molecule has 3 aliphatic rings. The van der Waals surface area contributed by atoms with Crippen molar-refractivity contribution in [2.45, 2.75) is 93.6 Å². The topological polar surface area (TPSA) is 258 Å². The van der Waals surface area contributed by atoms with Gasteiger partial charge in [-0.2, -0.15) is 0 Å². The molecule has 2 aromatic carbocycles. The van der Waals surface area contributed by atoms with E-state index in [4.69, 9.17) is 28.4 Å². The van der Waals surface area contributed by atoms with Crippen LogP contribution in [0.4, 0.5) is 0 Å². The second-order valence-corrected chi connectivity index (χ2v) is 11.4. The summed E-state index contributed by atoms with van der Waals surface area (Å²) in [5.74, 6) is 0.117. The Bertz CT molecular complexity index is 1340. The Labute approximate surface area is 263 Å². The molecular weight excluding hydrogens is 616 g/mol. The van der Waals surface area contributed by atoms with Gasteiger partial charge >= 0.3 is 0 Å². The van der Waals surface area contributed by atoms with Crippen LogP contribution in [0, 0.1) is 6.92 Å². The molecule has 0 unspecified atom stereocenters. The Hall–Kier alpha value is -2.84. The highest BCUT2D eigenvalue weighted by molar-refractivity contribution is 5.64. The minimum Gasteiger partial charge on any atom is -0.497 e. The van der Waals surface area contributed by atoms with Crippen molar-refractivity contribution >= 4 is 0 Å². The maximum Gasteiger partial charge on any atom is 0.229 e. The number of hydrogen-bond acceptors (Lipinski definition) is 16. The van der Waals surface area contributed by atoms with Crippen molar-refractivity contribution in [1.29, 1.82) is 0 Å². The zero-order valence-corrected chi connectivity index (χ0v) is 25.0. The van der Waals surface area contributed by atoms with Gasteiger partial charge in [0.05, 0.1) is 44.2 Å². The number of hydrogen-bond donors (Lipinski definition) is 10. The molecule has 0 radical (unpaired) electrons. The lowest BCUT2D eigenvalue weighted by Gasteiger charge is -2.42. The second kappa shape index (κ2) is 14.1. The molecule has 0 amide bonds. The molecule has 0 saturated carbocycles. The molecule has 0 aromatic heterocycles. The van der Waals surface area contributed by atoms with Crippen LogP contribution in [0.1, 0.15) is 40.9 Å². The van der Waals surface area contributed by atoms with E-state index in [-0.39, 0.29) is 40.4 Å². The van der Waals surface area contributed by atoms with Gasteiger partial charge in [0.15, 0.2) is 0 Å². The van der Waals surface area contributed by atoms with Crippen molar-refractivity contribution < 1.29 is 79.5 Å². The standard InChI is InChI=1S/C30H40O16/c1-11-26(45-29-24(39)22(37)20(35)17(9-32)43-29)14(8-31)28(46-30-25(40)23(38)21(36)18(10-33)44-30)19-15(34)7-16(42-27(11)19)12-3-5-13(41-2)6-4-12/h3-6,15-18,20-25,29-40H,7-10H2,1-2H3/t15-,16+,17-,18+,20-,21-,22+,23+,24-,25-,29+,30+/m1/s1. The molecular formula is C30H40O16. The van der Waals surface area contributed by atoms with Crippen molar-refractivity contribution in [1.82, 2.24) is 0 Å². The van der Waals surface area contributed by atoms with Gasteiger partial charge in [-0.25, -0.2) is 0 Å². The molecule has 5 rings (SSSR count). The van der Waals surface area contributed by atoms with Crippen LogP contribution in [0.15, 0.2) is 24.3 Å². The summed E-state index contributed by atoms with van der Waals surface area (Å²) in [4.78, 5) is 0. The van der Waals surface area contributed by atoms with Gasteiger partial charge in [0.25, 0.3) is 0 Å². The Morgan fingerprint density at radius 2 is 1.24 bits per heavy atom. The third kappa shape index (κ3) is 6.24. The van der Waals surface area contributed by atoms with Crippen molar-refractivity contribution in [2.75, 3.05) is 20.3 Å². The number of ether oxygens (including phenoxy) is 6. The van der Waals surface area contributed by atoms with E-state index in [1.807, 2.05) is 0 Å². The highest BCUT2D eigenvalue weighted by atomic mass is 16.7. The first-order chi connectivity index (χ1) is 21.9. The molecule has 0 bridgehead atoms. The highest BCUT2D eigenvalue weighted by Gasteiger charge is 2.48. The van der Waals surface area contributed by atoms with Gasteiger partial charge in [0.2, 0.25) is 12.6 Å². The van der Waals surface area contributed by atoms with Gasteiger partial charge in [-0.3, -0.25) is 0 Å². The van der Waals surface area contributed by atoms with Gasteiger partial charge in [0, 0.05) is 12.0 Å². The molecule has 3 aliphatic heterocycles. The summed E-state index contributed by atoms with van der Waals surface area (Å²) >= 11 is 0. The first-order valence-electron chi connectivity index (χ1n) is 14.7. The van der Waals surface area contributed by atoms with Crippen molar-refractivity contribution in [2.24, 2.45) is 0 Å². The Morgan fingerprint density at radius 1 is 0.717 bits per heavy atom. The zero-order chi connectivity index (χ0) is 33.4. The second-order valence-electron chi connectivity index (χ2n) is 11.4. The summed E-state index contributed by atoms with van der Waals surface area (Å²) in [6, 6.07) is 6.91. The van der Waals surface area contributed by atoms with E-state index in [1.165, 1.54) is 14.0 Å². The summed E-state index contributed by atoms with van der Waals surface area (Å²) in [5.41, 5.74) is 0.721. The number of methoxy groups -OCH3 is 1. The smallest absolute Gasteiger partial charge is 0.229 e. The van der Waals surface area contributed by atoms with Gasteiger partial charge < -0.3 is 79.5 Å². The number of aliphatic hydroxyl groups is 10. The molecule has 3 heterocycles. The predicted molar refractivity (Wildman–Crippen MR) is 152 cm³/mol. The lowest BCUT2D eigenvalue weighted by atomic mass is 9.90. The van der Waals surface area contributed by atoms with Crippen LogP contribution in [-0.2, 0) is 16.1 Å². The van der Waals surface area contributed by atoms with Crippen LogP contribution < -0.4 is 18.9 Å².